The summed E-state index contributed by atoms with van der Waals surface area (Å²) in [4.78, 5) is 14.2. The second-order valence-corrected chi connectivity index (χ2v) is 8.59. The van der Waals surface area contributed by atoms with E-state index in [-0.39, 0.29) is 12.0 Å². The molecule has 0 saturated carbocycles. The average molecular weight is 480 g/mol. The number of nitrogens with one attached hydrogen (secondary N) is 1. The number of fused-ring (bicyclic) bond motifs is 1. The molecule has 1 N–H and O–H groups in total. The van der Waals surface area contributed by atoms with Crippen molar-refractivity contribution in [1.29, 1.82) is 0 Å². The first-order chi connectivity index (χ1) is 17.0. The molecule has 4 aromatic rings. The highest BCUT2D eigenvalue weighted by Crippen LogP contribution is 2.39. The quantitative estimate of drug-likeness (QED) is 0.403. The Hall–Kier alpha value is -3.86. The van der Waals surface area contributed by atoms with Gasteiger partial charge in [-0.25, -0.2) is 19.6 Å². The standard InChI is InChI=1S/C24H29N7O4/c1-14(2)31-24-17(10-26-31)23(28-22(29-24)15-6-7-35-12-15)27-20-11-30(13-25-20)16-8-18(32-3)21(34-5)19(9-16)33-4/h8-11,13-15H,6-7,12H2,1-5H3,(H,27,28,29). The number of aromatic nitrogens is 6. The molecule has 5 rings (SSSR count). The second-order valence-electron chi connectivity index (χ2n) is 8.59. The zero-order valence-corrected chi connectivity index (χ0v) is 20.5. The van der Waals surface area contributed by atoms with Gasteiger partial charge in [0.1, 0.15) is 23.8 Å². The van der Waals surface area contributed by atoms with E-state index < -0.39 is 0 Å². The lowest BCUT2D eigenvalue weighted by Crippen LogP contribution is -2.10. The maximum atomic E-state index is 5.58. The minimum absolute atomic E-state index is 0.159. The van der Waals surface area contributed by atoms with Crippen LogP contribution in [0.3, 0.4) is 0 Å². The summed E-state index contributed by atoms with van der Waals surface area (Å²) >= 11 is 0. The molecule has 1 aliphatic heterocycles. The third-order valence-electron chi connectivity index (χ3n) is 6.03. The van der Waals surface area contributed by atoms with Crippen LogP contribution < -0.4 is 19.5 Å². The van der Waals surface area contributed by atoms with Crippen LogP contribution in [0.25, 0.3) is 16.7 Å². The third-order valence-corrected chi connectivity index (χ3v) is 6.03. The van der Waals surface area contributed by atoms with Crippen LogP contribution in [0.4, 0.5) is 11.6 Å². The smallest absolute Gasteiger partial charge is 0.203 e. The Bertz CT molecular complexity index is 1320. The van der Waals surface area contributed by atoms with Crippen LogP contribution in [0.1, 0.15) is 38.1 Å². The Kier molecular flexibility index (Phi) is 6.16. The topological polar surface area (TPSA) is 110 Å². The minimum atomic E-state index is 0.159. The molecule has 1 unspecified atom stereocenters. The number of hydrogen-bond acceptors (Lipinski definition) is 9. The molecule has 35 heavy (non-hydrogen) atoms. The molecule has 0 radical (unpaired) electrons. The summed E-state index contributed by atoms with van der Waals surface area (Å²) in [5.41, 5.74) is 1.60. The number of nitrogens with zero attached hydrogens (tertiary/aromatic N) is 6. The fourth-order valence-corrected chi connectivity index (χ4v) is 4.20. The van der Waals surface area contributed by atoms with Crippen molar-refractivity contribution in [3.63, 3.8) is 0 Å². The van der Waals surface area contributed by atoms with Crippen molar-refractivity contribution in [3.8, 4) is 22.9 Å². The summed E-state index contributed by atoms with van der Waals surface area (Å²) in [5, 5.41) is 8.76. The van der Waals surface area contributed by atoms with Gasteiger partial charge in [-0.2, -0.15) is 5.10 Å². The summed E-state index contributed by atoms with van der Waals surface area (Å²) in [6, 6.07) is 3.89. The predicted octanol–water partition coefficient (Wildman–Crippen LogP) is 3.87. The highest BCUT2D eigenvalue weighted by molar-refractivity contribution is 5.88. The summed E-state index contributed by atoms with van der Waals surface area (Å²) < 4.78 is 25.8. The summed E-state index contributed by atoms with van der Waals surface area (Å²) in [6.45, 7) is 5.51. The molecule has 184 valence electrons. The molecule has 0 amide bonds. The van der Waals surface area contributed by atoms with E-state index in [9.17, 15) is 0 Å². The van der Waals surface area contributed by atoms with Gasteiger partial charge in [0.2, 0.25) is 5.75 Å². The van der Waals surface area contributed by atoms with E-state index in [0.717, 1.165) is 35.6 Å². The molecule has 1 aromatic carbocycles. The lowest BCUT2D eigenvalue weighted by Gasteiger charge is -2.14. The molecule has 1 aliphatic rings. The van der Waals surface area contributed by atoms with E-state index in [1.54, 1.807) is 33.9 Å². The van der Waals surface area contributed by atoms with Crippen LogP contribution in [0, 0.1) is 0 Å². The van der Waals surface area contributed by atoms with Gasteiger partial charge >= 0.3 is 0 Å². The average Bonchev–Trinajstić information content (AvgIpc) is 3.63. The Labute approximate surface area is 203 Å². The maximum absolute atomic E-state index is 5.58. The molecule has 3 aromatic heterocycles. The predicted molar refractivity (Wildman–Crippen MR) is 130 cm³/mol. The monoisotopic (exact) mass is 479 g/mol. The Morgan fingerprint density at radius 1 is 1.09 bits per heavy atom. The number of imidazole rings is 1. The van der Waals surface area contributed by atoms with Crippen molar-refractivity contribution in [2.24, 2.45) is 0 Å². The highest BCUT2D eigenvalue weighted by Gasteiger charge is 2.24. The molecule has 11 nitrogen and oxygen atoms in total. The minimum Gasteiger partial charge on any atom is -0.493 e. The number of benzene rings is 1. The van der Waals surface area contributed by atoms with Crippen molar-refractivity contribution in [2.75, 3.05) is 39.9 Å². The van der Waals surface area contributed by atoms with Gasteiger partial charge in [-0.3, -0.25) is 0 Å². The maximum Gasteiger partial charge on any atom is 0.203 e. The van der Waals surface area contributed by atoms with Crippen LogP contribution in [0.2, 0.25) is 0 Å². The van der Waals surface area contributed by atoms with Crippen molar-refractivity contribution in [2.45, 2.75) is 32.2 Å². The first kappa shape index (κ1) is 22.9. The molecular formula is C24H29N7O4. The molecule has 0 spiro atoms. The summed E-state index contributed by atoms with van der Waals surface area (Å²) in [6.07, 6.45) is 6.28. The van der Waals surface area contributed by atoms with E-state index in [1.807, 2.05) is 27.6 Å². The first-order valence-corrected chi connectivity index (χ1v) is 11.5. The van der Waals surface area contributed by atoms with Crippen LogP contribution in [-0.4, -0.2) is 63.8 Å². The van der Waals surface area contributed by atoms with E-state index in [0.29, 0.717) is 35.5 Å². The molecule has 1 atom stereocenters. The fraction of sp³-hybridized carbons (Fsp3) is 0.417. The summed E-state index contributed by atoms with van der Waals surface area (Å²) in [5.74, 6) is 3.87. The van der Waals surface area contributed by atoms with Gasteiger partial charge in [-0.1, -0.05) is 0 Å². The van der Waals surface area contributed by atoms with E-state index in [2.05, 4.69) is 29.2 Å². The molecule has 0 aliphatic carbocycles. The zero-order chi connectivity index (χ0) is 24.5. The van der Waals surface area contributed by atoms with Crippen LogP contribution in [0.15, 0.2) is 30.9 Å². The number of hydrogen-bond donors (Lipinski definition) is 1. The third kappa shape index (κ3) is 4.23. The summed E-state index contributed by atoms with van der Waals surface area (Å²) in [7, 11) is 4.76. The van der Waals surface area contributed by atoms with Gasteiger partial charge in [0.25, 0.3) is 0 Å². The van der Waals surface area contributed by atoms with Gasteiger partial charge in [-0.05, 0) is 20.3 Å². The first-order valence-electron chi connectivity index (χ1n) is 11.5. The van der Waals surface area contributed by atoms with Gasteiger partial charge in [0.15, 0.2) is 17.1 Å². The van der Waals surface area contributed by atoms with Gasteiger partial charge in [0.05, 0.1) is 51.4 Å². The Balaban J connectivity index is 1.52. The molecule has 1 saturated heterocycles. The lowest BCUT2D eigenvalue weighted by molar-refractivity contribution is 0.193. The van der Waals surface area contributed by atoms with Crippen molar-refractivity contribution in [1.82, 2.24) is 29.3 Å². The normalized spacial score (nSPS) is 15.7. The highest BCUT2D eigenvalue weighted by atomic mass is 16.5. The van der Waals surface area contributed by atoms with Crippen molar-refractivity contribution >= 4 is 22.7 Å². The Morgan fingerprint density at radius 3 is 2.49 bits per heavy atom. The van der Waals surface area contributed by atoms with Gasteiger partial charge in [0, 0.05) is 30.7 Å². The van der Waals surface area contributed by atoms with Crippen molar-refractivity contribution in [3.05, 3.63) is 36.7 Å². The number of anilines is 2. The van der Waals surface area contributed by atoms with Crippen LogP contribution >= 0.6 is 0 Å². The SMILES string of the molecule is COc1cc(-n2cnc(Nc3nc(C4CCOC4)nc4c3cnn4C(C)C)c2)cc(OC)c1OC. The molecule has 4 heterocycles. The molecule has 11 heteroatoms. The van der Waals surface area contributed by atoms with Gasteiger partial charge < -0.3 is 28.8 Å². The fourth-order valence-electron chi connectivity index (χ4n) is 4.20. The number of ether oxygens (including phenoxy) is 4. The second kappa shape index (κ2) is 9.41. The van der Waals surface area contributed by atoms with Gasteiger partial charge in [-0.15, -0.1) is 0 Å². The Morgan fingerprint density at radius 2 is 1.86 bits per heavy atom. The number of rotatable bonds is 8. The largest absolute Gasteiger partial charge is 0.493 e. The molecule has 0 bridgehead atoms. The van der Waals surface area contributed by atoms with E-state index in [4.69, 9.17) is 28.9 Å². The van der Waals surface area contributed by atoms with E-state index in [1.165, 1.54) is 0 Å². The van der Waals surface area contributed by atoms with Crippen LogP contribution in [0.5, 0.6) is 17.2 Å². The molecular weight excluding hydrogens is 450 g/mol. The molecule has 1 fully saturated rings. The number of methoxy groups -OCH3 is 3. The van der Waals surface area contributed by atoms with E-state index >= 15 is 0 Å². The zero-order valence-electron chi connectivity index (χ0n) is 20.5. The van der Waals surface area contributed by atoms with Crippen LogP contribution in [-0.2, 0) is 4.74 Å². The van der Waals surface area contributed by atoms with Crippen molar-refractivity contribution < 1.29 is 18.9 Å². The lowest BCUT2D eigenvalue weighted by atomic mass is 10.1.